The summed E-state index contributed by atoms with van der Waals surface area (Å²) in [5.41, 5.74) is 1.97. The molecule has 3 rings (SSSR count). The van der Waals surface area contributed by atoms with Gasteiger partial charge in [0.25, 0.3) is 0 Å². The number of ether oxygens (including phenoxy) is 1. The molecule has 0 atom stereocenters. The van der Waals surface area contributed by atoms with Crippen LogP contribution >= 0.6 is 15.9 Å². The van der Waals surface area contributed by atoms with E-state index in [9.17, 15) is 9.18 Å². The van der Waals surface area contributed by atoms with E-state index in [1.165, 1.54) is 12.1 Å². The Morgan fingerprint density at radius 1 is 1.24 bits per heavy atom. The molecule has 0 amide bonds. The minimum atomic E-state index is -0.609. The van der Waals surface area contributed by atoms with Crippen molar-refractivity contribution in [3.8, 4) is 17.1 Å². The molecule has 0 aliphatic carbocycles. The van der Waals surface area contributed by atoms with Gasteiger partial charge in [-0.25, -0.2) is 4.39 Å². The number of carbonyl (C=O) groups is 1. The number of aryl methyl sites for hydroxylation is 2. The summed E-state index contributed by atoms with van der Waals surface area (Å²) in [5.74, 6) is -0.510. The number of hydrogen-bond donors (Lipinski definition) is 0. The topological polar surface area (TPSA) is 65.2 Å². The second kappa shape index (κ2) is 7.57. The molecule has 7 heteroatoms. The largest absolute Gasteiger partial charge is 0.423 e. The van der Waals surface area contributed by atoms with Gasteiger partial charge in [0.05, 0.1) is 6.42 Å². The first-order valence-electron chi connectivity index (χ1n) is 7.56. The number of hydrogen-bond acceptors (Lipinski definition) is 5. The molecule has 0 radical (unpaired) electrons. The lowest BCUT2D eigenvalue weighted by molar-refractivity contribution is -0.134. The zero-order valence-electron chi connectivity index (χ0n) is 13.3. The van der Waals surface area contributed by atoms with E-state index in [1.807, 2.05) is 31.2 Å². The van der Waals surface area contributed by atoms with Crippen LogP contribution in [0.4, 0.5) is 4.39 Å². The van der Waals surface area contributed by atoms with E-state index < -0.39 is 11.8 Å². The minimum Gasteiger partial charge on any atom is -0.423 e. The van der Waals surface area contributed by atoms with Crippen LogP contribution in [0.3, 0.4) is 0 Å². The summed E-state index contributed by atoms with van der Waals surface area (Å²) in [5, 5.41) is 3.90. The van der Waals surface area contributed by atoms with Crippen molar-refractivity contribution in [2.45, 2.75) is 19.8 Å². The Morgan fingerprint density at radius 2 is 2.00 bits per heavy atom. The summed E-state index contributed by atoms with van der Waals surface area (Å²) in [6.07, 6.45) is 0.223. The summed E-state index contributed by atoms with van der Waals surface area (Å²) in [4.78, 5) is 16.1. The molecule has 0 saturated carbocycles. The zero-order valence-corrected chi connectivity index (χ0v) is 14.9. The molecule has 0 fully saturated rings. The van der Waals surface area contributed by atoms with Gasteiger partial charge < -0.3 is 9.26 Å². The van der Waals surface area contributed by atoms with Gasteiger partial charge in [-0.2, -0.15) is 4.98 Å². The second-order valence-corrected chi connectivity index (χ2v) is 6.34. The lowest BCUT2D eigenvalue weighted by Crippen LogP contribution is -2.10. The molecule has 25 heavy (non-hydrogen) atoms. The van der Waals surface area contributed by atoms with Crippen LogP contribution in [-0.4, -0.2) is 16.1 Å². The van der Waals surface area contributed by atoms with E-state index in [1.54, 1.807) is 6.07 Å². The lowest BCUT2D eigenvalue weighted by Gasteiger charge is -2.04. The second-order valence-electron chi connectivity index (χ2n) is 5.43. The van der Waals surface area contributed by atoms with Gasteiger partial charge in [-0.05, 0) is 25.1 Å². The fourth-order valence-electron chi connectivity index (χ4n) is 2.12. The average Bonchev–Trinajstić information content (AvgIpc) is 3.05. The van der Waals surface area contributed by atoms with Crippen molar-refractivity contribution in [2.24, 2.45) is 0 Å². The number of halogens is 2. The van der Waals surface area contributed by atoms with E-state index in [0.717, 1.165) is 11.1 Å². The molecule has 0 aliphatic heterocycles. The molecular formula is C18H14BrFN2O3. The first-order chi connectivity index (χ1) is 12.0. The van der Waals surface area contributed by atoms with Crippen LogP contribution < -0.4 is 4.74 Å². The predicted octanol–water partition coefficient (Wildman–Crippen LogP) is 4.48. The van der Waals surface area contributed by atoms with Crippen LogP contribution in [-0.2, 0) is 11.2 Å². The maximum atomic E-state index is 13.6. The fraction of sp³-hybridized carbons (Fsp3) is 0.167. The number of esters is 1. The van der Waals surface area contributed by atoms with E-state index >= 15 is 0 Å². The molecule has 0 N–H and O–H groups in total. The van der Waals surface area contributed by atoms with Gasteiger partial charge in [-0.3, -0.25) is 4.79 Å². The molecule has 0 bridgehead atoms. The standard InChI is InChI=1S/C18H14BrFN2O3/c1-11-2-4-12(5-3-11)18-21-16(25-22-18)8-9-17(23)24-15-7-6-13(19)10-14(15)20/h2-7,10H,8-9H2,1H3. The number of rotatable bonds is 5. The van der Waals surface area contributed by atoms with Gasteiger partial charge in [-0.15, -0.1) is 0 Å². The predicted molar refractivity (Wildman–Crippen MR) is 92.5 cm³/mol. The molecule has 2 aromatic carbocycles. The van der Waals surface area contributed by atoms with Crippen molar-refractivity contribution in [1.82, 2.24) is 10.1 Å². The first-order valence-corrected chi connectivity index (χ1v) is 8.36. The van der Waals surface area contributed by atoms with Crippen molar-refractivity contribution < 1.29 is 18.4 Å². The van der Waals surface area contributed by atoms with Crippen molar-refractivity contribution in [1.29, 1.82) is 0 Å². The molecule has 128 valence electrons. The molecule has 3 aromatic rings. The highest BCUT2D eigenvalue weighted by Crippen LogP contribution is 2.22. The van der Waals surface area contributed by atoms with E-state index in [0.29, 0.717) is 16.2 Å². The average molecular weight is 405 g/mol. The Labute approximate surface area is 151 Å². The van der Waals surface area contributed by atoms with Crippen LogP contribution in [0.15, 0.2) is 51.5 Å². The number of benzene rings is 2. The molecule has 0 saturated heterocycles. The van der Waals surface area contributed by atoms with Crippen molar-refractivity contribution in [2.75, 3.05) is 0 Å². The summed E-state index contributed by atoms with van der Waals surface area (Å²) < 4.78 is 24.4. The van der Waals surface area contributed by atoms with Crippen molar-refractivity contribution in [3.63, 3.8) is 0 Å². The zero-order chi connectivity index (χ0) is 17.8. The Hall–Kier alpha value is -2.54. The Bertz CT molecular complexity index is 894. The van der Waals surface area contributed by atoms with E-state index in [-0.39, 0.29) is 18.6 Å². The molecular weight excluding hydrogens is 391 g/mol. The van der Waals surface area contributed by atoms with Gasteiger partial charge >= 0.3 is 5.97 Å². The molecule has 1 heterocycles. The first kappa shape index (κ1) is 17.3. The molecule has 1 aromatic heterocycles. The normalized spacial score (nSPS) is 10.7. The number of aromatic nitrogens is 2. The van der Waals surface area contributed by atoms with Gasteiger partial charge in [0.2, 0.25) is 11.7 Å². The van der Waals surface area contributed by atoms with Crippen molar-refractivity contribution >= 4 is 21.9 Å². The monoisotopic (exact) mass is 404 g/mol. The third-order valence-electron chi connectivity index (χ3n) is 3.44. The Balaban J connectivity index is 1.58. The fourth-order valence-corrected chi connectivity index (χ4v) is 2.45. The number of carbonyl (C=O) groups excluding carboxylic acids is 1. The Kier molecular flexibility index (Phi) is 5.23. The SMILES string of the molecule is Cc1ccc(-c2noc(CCC(=O)Oc3ccc(Br)cc3F)n2)cc1. The van der Waals surface area contributed by atoms with Crippen molar-refractivity contribution in [3.05, 3.63) is 64.2 Å². The quantitative estimate of drug-likeness (QED) is 0.463. The van der Waals surface area contributed by atoms with Crippen LogP contribution in [0.2, 0.25) is 0 Å². The molecule has 0 aliphatic rings. The molecule has 5 nitrogen and oxygen atoms in total. The number of nitrogens with zero attached hydrogens (tertiary/aromatic N) is 2. The van der Waals surface area contributed by atoms with E-state index in [2.05, 4.69) is 26.1 Å². The smallest absolute Gasteiger partial charge is 0.311 e. The highest BCUT2D eigenvalue weighted by molar-refractivity contribution is 9.10. The van der Waals surface area contributed by atoms with Crippen LogP contribution in [0, 0.1) is 12.7 Å². The lowest BCUT2D eigenvalue weighted by atomic mass is 10.1. The van der Waals surface area contributed by atoms with Crippen LogP contribution in [0.1, 0.15) is 17.9 Å². The van der Waals surface area contributed by atoms with E-state index in [4.69, 9.17) is 9.26 Å². The molecule has 0 spiro atoms. The van der Waals surface area contributed by atoms with Gasteiger partial charge in [0, 0.05) is 16.5 Å². The highest BCUT2D eigenvalue weighted by atomic mass is 79.9. The van der Waals surface area contributed by atoms with Gasteiger partial charge in [-0.1, -0.05) is 50.9 Å². The minimum absolute atomic E-state index is 0.00500. The van der Waals surface area contributed by atoms with Gasteiger partial charge in [0.15, 0.2) is 11.6 Å². The summed E-state index contributed by atoms with van der Waals surface area (Å²) in [6.45, 7) is 1.99. The summed E-state index contributed by atoms with van der Waals surface area (Å²) in [6, 6.07) is 11.9. The maximum absolute atomic E-state index is 13.6. The third-order valence-corrected chi connectivity index (χ3v) is 3.93. The molecule has 0 unspecified atom stereocenters. The summed E-state index contributed by atoms with van der Waals surface area (Å²) in [7, 11) is 0. The van der Waals surface area contributed by atoms with Gasteiger partial charge in [0.1, 0.15) is 0 Å². The van der Waals surface area contributed by atoms with Crippen LogP contribution in [0.25, 0.3) is 11.4 Å². The Morgan fingerprint density at radius 3 is 2.72 bits per heavy atom. The van der Waals surface area contributed by atoms with Crippen LogP contribution in [0.5, 0.6) is 5.75 Å². The summed E-state index contributed by atoms with van der Waals surface area (Å²) >= 11 is 3.14. The highest BCUT2D eigenvalue weighted by Gasteiger charge is 2.13. The maximum Gasteiger partial charge on any atom is 0.311 e. The third kappa shape index (κ3) is 4.51.